The van der Waals surface area contributed by atoms with Crippen LogP contribution >= 0.6 is 0 Å². The molecule has 1 fully saturated rings. The van der Waals surface area contributed by atoms with Crippen molar-refractivity contribution in [3.05, 3.63) is 24.3 Å². The van der Waals surface area contributed by atoms with Crippen LogP contribution < -0.4 is 8.92 Å². The topological polar surface area (TPSA) is 52.6 Å². The van der Waals surface area contributed by atoms with Crippen LogP contribution in [0.4, 0.5) is 0 Å². The van der Waals surface area contributed by atoms with Gasteiger partial charge in [0.15, 0.2) is 11.5 Å². The van der Waals surface area contributed by atoms with E-state index in [0.717, 1.165) is 25.7 Å². The van der Waals surface area contributed by atoms with Crippen LogP contribution in [0.3, 0.4) is 0 Å². The Morgan fingerprint density at radius 1 is 1.11 bits per heavy atom. The number of hydrogen-bond acceptors (Lipinski definition) is 4. The van der Waals surface area contributed by atoms with Gasteiger partial charge in [-0.1, -0.05) is 31.4 Å². The molecule has 0 atom stereocenters. The highest BCUT2D eigenvalue weighted by Gasteiger charge is 2.23. The molecule has 1 saturated carbocycles. The summed E-state index contributed by atoms with van der Waals surface area (Å²) >= 11 is 0. The van der Waals surface area contributed by atoms with Gasteiger partial charge in [-0.05, 0) is 30.9 Å². The molecule has 0 spiro atoms. The van der Waals surface area contributed by atoms with Crippen molar-refractivity contribution in [3.8, 4) is 11.5 Å². The van der Waals surface area contributed by atoms with Crippen LogP contribution in [0.2, 0.25) is 0 Å². The maximum Gasteiger partial charge on any atom is 0.309 e. The first-order valence-corrected chi connectivity index (χ1v) is 8.23. The van der Waals surface area contributed by atoms with Crippen LogP contribution in [-0.2, 0) is 10.1 Å². The van der Waals surface area contributed by atoms with Gasteiger partial charge in [0.1, 0.15) is 0 Å². The van der Waals surface area contributed by atoms with Gasteiger partial charge >= 0.3 is 10.1 Å². The third kappa shape index (κ3) is 4.13. The van der Waals surface area contributed by atoms with Gasteiger partial charge in [-0.2, -0.15) is 8.42 Å². The standard InChI is InChI=1S/C14H20O4S/c1-17-13-9-5-6-10-14(13)18-19(15,16)11-12-7-3-2-4-8-12/h5-6,9-10,12H,2-4,7-8,11H2,1H3. The van der Waals surface area contributed by atoms with E-state index >= 15 is 0 Å². The molecule has 4 nitrogen and oxygen atoms in total. The van der Waals surface area contributed by atoms with E-state index in [1.165, 1.54) is 13.5 Å². The van der Waals surface area contributed by atoms with Gasteiger partial charge in [0.2, 0.25) is 0 Å². The fourth-order valence-electron chi connectivity index (χ4n) is 2.50. The minimum Gasteiger partial charge on any atom is -0.493 e. The average Bonchev–Trinajstić information content (AvgIpc) is 2.39. The Hall–Kier alpha value is -1.23. The predicted molar refractivity (Wildman–Crippen MR) is 74.0 cm³/mol. The van der Waals surface area contributed by atoms with E-state index in [0.29, 0.717) is 5.75 Å². The van der Waals surface area contributed by atoms with Crippen molar-refractivity contribution < 1.29 is 17.3 Å². The lowest BCUT2D eigenvalue weighted by atomic mass is 9.91. The molecule has 0 bridgehead atoms. The minimum atomic E-state index is -3.55. The number of rotatable bonds is 5. The van der Waals surface area contributed by atoms with E-state index in [9.17, 15) is 8.42 Å². The number of methoxy groups -OCH3 is 1. The highest BCUT2D eigenvalue weighted by molar-refractivity contribution is 7.87. The third-order valence-corrected chi connectivity index (χ3v) is 4.76. The minimum absolute atomic E-state index is 0.102. The van der Waals surface area contributed by atoms with Crippen molar-refractivity contribution in [1.29, 1.82) is 0 Å². The van der Waals surface area contributed by atoms with E-state index in [1.807, 2.05) is 0 Å². The summed E-state index contributed by atoms with van der Waals surface area (Å²) in [4.78, 5) is 0. The van der Waals surface area contributed by atoms with Gasteiger partial charge in [0, 0.05) is 0 Å². The lowest BCUT2D eigenvalue weighted by Crippen LogP contribution is -2.22. The molecule has 0 N–H and O–H groups in total. The second-order valence-corrected chi connectivity index (χ2v) is 6.58. The van der Waals surface area contributed by atoms with Crippen molar-refractivity contribution >= 4 is 10.1 Å². The molecule has 19 heavy (non-hydrogen) atoms. The molecule has 0 amide bonds. The van der Waals surface area contributed by atoms with Crippen molar-refractivity contribution in [1.82, 2.24) is 0 Å². The lowest BCUT2D eigenvalue weighted by molar-refractivity contribution is 0.367. The molecule has 0 unspecified atom stereocenters. The van der Waals surface area contributed by atoms with E-state index in [1.54, 1.807) is 24.3 Å². The van der Waals surface area contributed by atoms with Crippen molar-refractivity contribution in [3.63, 3.8) is 0 Å². The van der Waals surface area contributed by atoms with Crippen molar-refractivity contribution in [2.75, 3.05) is 12.9 Å². The van der Waals surface area contributed by atoms with Gasteiger partial charge in [-0.15, -0.1) is 0 Å². The molecule has 0 aliphatic heterocycles. The maximum atomic E-state index is 12.1. The number of para-hydroxylation sites is 2. The molecule has 1 aromatic rings. The molecule has 1 aromatic carbocycles. The number of hydrogen-bond donors (Lipinski definition) is 0. The zero-order chi connectivity index (χ0) is 13.7. The van der Waals surface area contributed by atoms with Gasteiger partial charge in [-0.3, -0.25) is 0 Å². The van der Waals surface area contributed by atoms with Gasteiger partial charge in [-0.25, -0.2) is 0 Å². The molecule has 0 heterocycles. The Balaban J connectivity index is 2.03. The summed E-state index contributed by atoms with van der Waals surface area (Å²) < 4.78 is 34.4. The van der Waals surface area contributed by atoms with Gasteiger partial charge in [0.05, 0.1) is 12.9 Å². The van der Waals surface area contributed by atoms with Gasteiger partial charge in [0.25, 0.3) is 0 Å². The van der Waals surface area contributed by atoms with E-state index in [2.05, 4.69) is 0 Å². The molecule has 106 valence electrons. The SMILES string of the molecule is COc1ccccc1OS(=O)(=O)CC1CCCCC1. The Labute approximate surface area is 114 Å². The normalized spacial score (nSPS) is 17.1. The number of ether oxygens (including phenoxy) is 1. The maximum absolute atomic E-state index is 12.1. The van der Waals surface area contributed by atoms with Crippen molar-refractivity contribution in [2.45, 2.75) is 32.1 Å². The Bertz CT molecular complexity index is 504. The zero-order valence-corrected chi connectivity index (χ0v) is 12.0. The fraction of sp³-hybridized carbons (Fsp3) is 0.571. The van der Waals surface area contributed by atoms with Crippen LogP contribution in [0.25, 0.3) is 0 Å². The Kier molecular flexibility index (Phi) is 4.69. The second kappa shape index (κ2) is 6.28. The first-order valence-electron chi connectivity index (χ1n) is 6.66. The quantitative estimate of drug-likeness (QED) is 0.780. The van der Waals surface area contributed by atoms with Gasteiger partial charge < -0.3 is 8.92 Å². The Morgan fingerprint density at radius 3 is 2.37 bits per heavy atom. The molecule has 1 aliphatic rings. The third-order valence-electron chi connectivity index (χ3n) is 3.45. The first kappa shape index (κ1) is 14.2. The summed E-state index contributed by atoms with van der Waals surface area (Å²) in [6, 6.07) is 6.80. The van der Waals surface area contributed by atoms with Crippen molar-refractivity contribution in [2.24, 2.45) is 5.92 Å². The van der Waals surface area contributed by atoms with E-state index < -0.39 is 10.1 Å². The van der Waals surface area contributed by atoms with Crippen LogP contribution in [0.5, 0.6) is 11.5 Å². The number of benzene rings is 1. The highest BCUT2D eigenvalue weighted by Crippen LogP contribution is 2.29. The molecule has 0 saturated heterocycles. The summed E-state index contributed by atoms with van der Waals surface area (Å²) in [5, 5.41) is 0. The monoisotopic (exact) mass is 284 g/mol. The largest absolute Gasteiger partial charge is 0.493 e. The van der Waals surface area contributed by atoms with Crippen LogP contribution in [-0.4, -0.2) is 21.3 Å². The first-order chi connectivity index (χ1) is 9.11. The molecular weight excluding hydrogens is 264 g/mol. The molecule has 2 rings (SSSR count). The summed E-state index contributed by atoms with van der Waals surface area (Å²) in [5.41, 5.74) is 0. The van der Waals surface area contributed by atoms with E-state index in [4.69, 9.17) is 8.92 Å². The molecular formula is C14H20O4S. The molecule has 1 aliphatic carbocycles. The average molecular weight is 284 g/mol. The molecule has 5 heteroatoms. The van der Waals surface area contributed by atoms with Crippen LogP contribution in [0.1, 0.15) is 32.1 Å². The summed E-state index contributed by atoms with van der Waals surface area (Å²) in [5.74, 6) is 1.04. The summed E-state index contributed by atoms with van der Waals surface area (Å²) in [6.07, 6.45) is 5.41. The summed E-state index contributed by atoms with van der Waals surface area (Å²) in [6.45, 7) is 0. The van der Waals surface area contributed by atoms with Crippen LogP contribution in [0, 0.1) is 5.92 Å². The zero-order valence-electron chi connectivity index (χ0n) is 11.2. The fourth-order valence-corrected chi connectivity index (χ4v) is 3.89. The highest BCUT2D eigenvalue weighted by atomic mass is 32.2. The van der Waals surface area contributed by atoms with E-state index in [-0.39, 0.29) is 17.4 Å². The Morgan fingerprint density at radius 2 is 1.74 bits per heavy atom. The molecule has 0 aromatic heterocycles. The smallest absolute Gasteiger partial charge is 0.309 e. The summed E-state index contributed by atoms with van der Waals surface area (Å²) in [7, 11) is -2.05. The van der Waals surface area contributed by atoms with Crippen LogP contribution in [0.15, 0.2) is 24.3 Å². The predicted octanol–water partition coefficient (Wildman–Crippen LogP) is 2.98. The lowest BCUT2D eigenvalue weighted by Gasteiger charge is -2.21. The second-order valence-electron chi connectivity index (χ2n) is 4.96. The molecule has 0 radical (unpaired) electrons.